The van der Waals surface area contributed by atoms with Crippen molar-refractivity contribution in [3.8, 4) is 0 Å². The van der Waals surface area contributed by atoms with E-state index in [2.05, 4.69) is 25.6 Å². The van der Waals surface area contributed by atoms with Gasteiger partial charge in [-0.15, -0.1) is 6.58 Å². The van der Waals surface area contributed by atoms with E-state index in [1.807, 2.05) is 0 Å². The molecular weight excluding hydrogens is 154 g/mol. The summed E-state index contributed by atoms with van der Waals surface area (Å²) in [5.74, 6) is 1.16. The van der Waals surface area contributed by atoms with E-state index in [4.69, 9.17) is 4.52 Å². The Bertz CT molecular complexity index is 308. The predicted molar refractivity (Wildman–Crippen MR) is 47.1 cm³/mol. The van der Waals surface area contributed by atoms with Crippen LogP contribution in [0.15, 0.2) is 28.0 Å². The summed E-state index contributed by atoms with van der Waals surface area (Å²) in [6, 6.07) is 1.46. The largest absolute Gasteiger partial charge is 0.383 e. The summed E-state index contributed by atoms with van der Waals surface area (Å²) in [6.45, 7) is 7.80. The highest BCUT2D eigenvalue weighted by molar-refractivity contribution is 5.09. The van der Waals surface area contributed by atoms with Crippen molar-refractivity contribution in [1.29, 1.82) is 0 Å². The van der Waals surface area contributed by atoms with Crippen molar-refractivity contribution in [3.05, 3.63) is 34.8 Å². The fourth-order valence-electron chi connectivity index (χ4n) is 1.18. The standard InChI is InChI=1S/C9H13NO2/c1-4-7(6(2)3)8-5-9(11)10-12-8/h4-7H,1H2,2-3H3,(H,10,11). The third-order valence-electron chi connectivity index (χ3n) is 1.84. The molecule has 0 saturated carbocycles. The van der Waals surface area contributed by atoms with Crippen molar-refractivity contribution >= 4 is 0 Å². The maximum atomic E-state index is 10.7. The average molecular weight is 167 g/mol. The molecule has 0 saturated heterocycles. The van der Waals surface area contributed by atoms with Crippen LogP contribution >= 0.6 is 0 Å². The van der Waals surface area contributed by atoms with Gasteiger partial charge in [0.25, 0.3) is 5.56 Å². The Kier molecular flexibility index (Phi) is 2.53. The fourth-order valence-corrected chi connectivity index (χ4v) is 1.18. The summed E-state index contributed by atoms with van der Waals surface area (Å²) in [7, 11) is 0. The average Bonchev–Trinajstić information content (AvgIpc) is 2.37. The first kappa shape index (κ1) is 8.84. The lowest BCUT2D eigenvalue weighted by Crippen LogP contribution is -2.02. The number of aromatic amines is 1. The molecular formula is C9H13NO2. The van der Waals surface area contributed by atoms with Crippen LogP contribution in [0.25, 0.3) is 0 Å². The number of allylic oxidation sites excluding steroid dienone is 1. The third-order valence-corrected chi connectivity index (χ3v) is 1.84. The Labute approximate surface area is 71.1 Å². The van der Waals surface area contributed by atoms with Crippen LogP contribution in [0.3, 0.4) is 0 Å². The summed E-state index contributed by atoms with van der Waals surface area (Å²) in [6.07, 6.45) is 1.79. The van der Waals surface area contributed by atoms with E-state index in [1.54, 1.807) is 6.08 Å². The molecule has 1 N–H and O–H groups in total. The number of aromatic nitrogens is 1. The van der Waals surface area contributed by atoms with Gasteiger partial charge >= 0.3 is 0 Å². The van der Waals surface area contributed by atoms with E-state index < -0.39 is 0 Å². The molecule has 1 heterocycles. The molecule has 1 aromatic heterocycles. The van der Waals surface area contributed by atoms with Gasteiger partial charge in [-0.1, -0.05) is 19.9 Å². The molecule has 0 aliphatic carbocycles. The number of rotatable bonds is 3. The molecule has 66 valence electrons. The van der Waals surface area contributed by atoms with Crippen molar-refractivity contribution in [2.75, 3.05) is 0 Å². The second-order valence-corrected chi connectivity index (χ2v) is 3.12. The monoisotopic (exact) mass is 167 g/mol. The maximum Gasteiger partial charge on any atom is 0.280 e. The predicted octanol–water partition coefficient (Wildman–Crippen LogP) is 1.89. The molecule has 0 aromatic carbocycles. The van der Waals surface area contributed by atoms with Gasteiger partial charge in [-0.05, 0) is 5.92 Å². The van der Waals surface area contributed by atoms with Gasteiger partial charge in [-0.2, -0.15) is 5.16 Å². The fraction of sp³-hybridized carbons (Fsp3) is 0.444. The quantitative estimate of drug-likeness (QED) is 0.699. The van der Waals surface area contributed by atoms with Crippen LogP contribution in [0.1, 0.15) is 25.5 Å². The molecule has 1 unspecified atom stereocenters. The van der Waals surface area contributed by atoms with Gasteiger partial charge in [0.2, 0.25) is 0 Å². The van der Waals surface area contributed by atoms with E-state index in [0.29, 0.717) is 11.7 Å². The number of hydrogen-bond acceptors (Lipinski definition) is 2. The SMILES string of the molecule is C=CC(c1cc(=O)[nH]o1)C(C)C. The minimum absolute atomic E-state index is 0.115. The zero-order chi connectivity index (χ0) is 9.14. The van der Waals surface area contributed by atoms with Crippen molar-refractivity contribution in [1.82, 2.24) is 5.16 Å². The highest BCUT2D eigenvalue weighted by atomic mass is 16.5. The van der Waals surface area contributed by atoms with Crippen LogP contribution in [0.4, 0.5) is 0 Å². The minimum atomic E-state index is -0.197. The van der Waals surface area contributed by atoms with E-state index >= 15 is 0 Å². The normalized spacial score (nSPS) is 13.2. The molecule has 0 bridgehead atoms. The Morgan fingerprint density at radius 1 is 1.67 bits per heavy atom. The van der Waals surface area contributed by atoms with Crippen LogP contribution in [-0.2, 0) is 0 Å². The van der Waals surface area contributed by atoms with E-state index in [9.17, 15) is 4.79 Å². The van der Waals surface area contributed by atoms with Gasteiger partial charge < -0.3 is 4.52 Å². The molecule has 0 aliphatic heterocycles. The lowest BCUT2D eigenvalue weighted by atomic mass is 9.94. The first-order valence-corrected chi connectivity index (χ1v) is 3.96. The number of H-pyrrole nitrogens is 1. The highest BCUT2D eigenvalue weighted by Gasteiger charge is 2.15. The maximum absolute atomic E-state index is 10.7. The Morgan fingerprint density at radius 2 is 2.33 bits per heavy atom. The molecule has 0 spiro atoms. The van der Waals surface area contributed by atoms with Crippen LogP contribution < -0.4 is 5.56 Å². The third kappa shape index (κ3) is 1.67. The van der Waals surface area contributed by atoms with Crippen molar-refractivity contribution < 1.29 is 4.52 Å². The zero-order valence-electron chi connectivity index (χ0n) is 7.33. The second kappa shape index (κ2) is 3.43. The van der Waals surface area contributed by atoms with Crippen LogP contribution in [-0.4, -0.2) is 5.16 Å². The lowest BCUT2D eigenvalue weighted by molar-refractivity contribution is 0.348. The van der Waals surface area contributed by atoms with Gasteiger partial charge in [-0.3, -0.25) is 4.79 Å². The lowest BCUT2D eigenvalue weighted by Gasteiger charge is -2.11. The van der Waals surface area contributed by atoms with E-state index in [0.717, 1.165) is 0 Å². The molecule has 0 aliphatic rings. The van der Waals surface area contributed by atoms with Crippen molar-refractivity contribution in [2.45, 2.75) is 19.8 Å². The summed E-state index contributed by atoms with van der Waals surface area (Å²) in [4.78, 5) is 10.7. The summed E-state index contributed by atoms with van der Waals surface area (Å²) >= 11 is 0. The van der Waals surface area contributed by atoms with Crippen molar-refractivity contribution in [2.24, 2.45) is 5.92 Å². The van der Waals surface area contributed by atoms with Crippen LogP contribution in [0.2, 0.25) is 0 Å². The molecule has 1 rings (SSSR count). The topological polar surface area (TPSA) is 46.0 Å². The first-order valence-electron chi connectivity index (χ1n) is 3.96. The van der Waals surface area contributed by atoms with Gasteiger partial charge in [0.15, 0.2) is 0 Å². The molecule has 1 aromatic rings. The van der Waals surface area contributed by atoms with E-state index in [-0.39, 0.29) is 11.5 Å². The molecule has 3 nitrogen and oxygen atoms in total. The van der Waals surface area contributed by atoms with Gasteiger partial charge in [0.1, 0.15) is 5.76 Å². The van der Waals surface area contributed by atoms with Gasteiger partial charge in [-0.25, -0.2) is 0 Å². The Hall–Kier alpha value is -1.25. The molecule has 3 heteroatoms. The summed E-state index contributed by atoms with van der Waals surface area (Å²) < 4.78 is 4.97. The van der Waals surface area contributed by atoms with Gasteiger partial charge in [0, 0.05) is 12.0 Å². The molecule has 0 fully saturated rings. The molecule has 12 heavy (non-hydrogen) atoms. The Morgan fingerprint density at radius 3 is 2.67 bits per heavy atom. The zero-order valence-corrected chi connectivity index (χ0v) is 7.33. The second-order valence-electron chi connectivity index (χ2n) is 3.12. The number of hydrogen-bond donors (Lipinski definition) is 1. The highest BCUT2D eigenvalue weighted by Crippen LogP contribution is 2.23. The van der Waals surface area contributed by atoms with Crippen LogP contribution in [0.5, 0.6) is 0 Å². The number of nitrogens with one attached hydrogen (secondary N) is 1. The summed E-state index contributed by atoms with van der Waals surface area (Å²) in [5, 5.41) is 2.26. The van der Waals surface area contributed by atoms with Gasteiger partial charge in [0.05, 0.1) is 0 Å². The molecule has 1 atom stereocenters. The first-order chi connectivity index (χ1) is 5.65. The summed E-state index contributed by atoms with van der Waals surface area (Å²) in [5.41, 5.74) is -0.197. The van der Waals surface area contributed by atoms with Crippen LogP contribution in [0, 0.1) is 5.92 Å². The van der Waals surface area contributed by atoms with E-state index in [1.165, 1.54) is 6.07 Å². The van der Waals surface area contributed by atoms with Crippen molar-refractivity contribution in [3.63, 3.8) is 0 Å². The minimum Gasteiger partial charge on any atom is -0.383 e. The Balaban J connectivity index is 2.94. The molecule has 0 radical (unpaired) electrons. The smallest absolute Gasteiger partial charge is 0.280 e. The molecule has 0 amide bonds.